The highest BCUT2D eigenvalue weighted by Crippen LogP contribution is 2.41. The average Bonchev–Trinajstić information content (AvgIpc) is 3.47. The van der Waals surface area contributed by atoms with Gasteiger partial charge in [0.05, 0.1) is 18.1 Å². The van der Waals surface area contributed by atoms with Crippen LogP contribution in [-0.4, -0.2) is 49.0 Å². The maximum absolute atomic E-state index is 11.1. The van der Waals surface area contributed by atoms with Crippen LogP contribution in [0.1, 0.15) is 32.3 Å². The molecule has 1 saturated carbocycles. The minimum atomic E-state index is -1.21. The normalized spacial score (nSPS) is 14.9. The smallest absolute Gasteiger partial charge is 0.245 e. The number of rotatable bonds is 9. The van der Waals surface area contributed by atoms with Crippen molar-refractivity contribution in [2.75, 3.05) is 6.54 Å². The Kier molecular flexibility index (Phi) is 6.51. The molecule has 4 aromatic rings. The quantitative estimate of drug-likeness (QED) is 0.330. The zero-order chi connectivity index (χ0) is 25.3. The lowest BCUT2D eigenvalue weighted by Crippen LogP contribution is -2.33. The number of aliphatic hydroxyl groups excluding tert-OH is 1. The van der Waals surface area contributed by atoms with Crippen LogP contribution < -0.4 is 14.8 Å². The summed E-state index contributed by atoms with van der Waals surface area (Å²) >= 11 is 6.68. The van der Waals surface area contributed by atoms with Gasteiger partial charge in [0, 0.05) is 12.5 Å². The van der Waals surface area contributed by atoms with E-state index >= 15 is 0 Å². The second-order valence-electron chi connectivity index (χ2n) is 9.06. The predicted octanol–water partition coefficient (Wildman–Crippen LogP) is 3.96. The Bertz CT molecular complexity index is 1400. The molecule has 1 atom stereocenters. The fourth-order valence-corrected chi connectivity index (χ4v) is 4.06. The van der Waals surface area contributed by atoms with E-state index in [-0.39, 0.29) is 18.1 Å². The van der Waals surface area contributed by atoms with E-state index in [1.807, 2.05) is 34.9 Å². The monoisotopic (exact) mass is 507 g/mol. The largest absolute Gasteiger partial charge is 0.470 e. The van der Waals surface area contributed by atoms with Crippen molar-refractivity contribution in [1.29, 1.82) is 0 Å². The molecule has 1 unspecified atom stereocenters. The molecule has 0 radical (unpaired) electrons. The third-order valence-electron chi connectivity index (χ3n) is 5.96. The number of nitrogens with zero attached hydrogens (tertiary/aromatic N) is 4. The number of carbonyl (C=O) groups is 1. The number of aliphatic hydroxyl groups is 1. The van der Waals surface area contributed by atoms with Crippen molar-refractivity contribution in [2.24, 2.45) is 0 Å². The number of halogens is 1. The molecule has 1 fully saturated rings. The topological polar surface area (TPSA) is 111 Å². The SMILES string of the molecule is CC(=O)NCC(O)Oc1ccc(-c2nc3c(OC4(C)CC4)ncnc3n2Cc2ccccc2)c(Cl)c1. The minimum absolute atomic E-state index is 0.0397. The highest BCUT2D eigenvalue weighted by molar-refractivity contribution is 6.33. The molecule has 2 heterocycles. The summed E-state index contributed by atoms with van der Waals surface area (Å²) in [6, 6.07) is 15.1. The van der Waals surface area contributed by atoms with Gasteiger partial charge in [-0.1, -0.05) is 41.9 Å². The van der Waals surface area contributed by atoms with Gasteiger partial charge >= 0.3 is 0 Å². The van der Waals surface area contributed by atoms with E-state index in [4.69, 9.17) is 26.1 Å². The summed E-state index contributed by atoms with van der Waals surface area (Å²) in [5, 5.41) is 12.9. The Morgan fingerprint density at radius 1 is 1.22 bits per heavy atom. The lowest BCUT2D eigenvalue weighted by Gasteiger charge is -2.15. The van der Waals surface area contributed by atoms with Gasteiger partial charge in [0.2, 0.25) is 18.1 Å². The Balaban J connectivity index is 1.53. The van der Waals surface area contributed by atoms with Crippen LogP contribution in [0.5, 0.6) is 11.6 Å². The van der Waals surface area contributed by atoms with Crippen LogP contribution >= 0.6 is 11.6 Å². The zero-order valence-corrected chi connectivity index (χ0v) is 20.7. The molecule has 0 spiro atoms. The van der Waals surface area contributed by atoms with E-state index in [0.717, 1.165) is 18.4 Å². The third-order valence-corrected chi connectivity index (χ3v) is 6.27. The molecular weight excluding hydrogens is 482 g/mol. The maximum atomic E-state index is 11.1. The molecule has 1 aliphatic carbocycles. The van der Waals surface area contributed by atoms with Crippen LogP contribution in [-0.2, 0) is 11.3 Å². The lowest BCUT2D eigenvalue weighted by atomic mass is 10.2. The van der Waals surface area contributed by atoms with Crippen LogP contribution in [0.3, 0.4) is 0 Å². The van der Waals surface area contributed by atoms with Crippen molar-refractivity contribution in [3.8, 4) is 23.0 Å². The summed E-state index contributed by atoms with van der Waals surface area (Å²) in [5.74, 6) is 1.16. The number of hydrogen-bond donors (Lipinski definition) is 2. The molecule has 2 N–H and O–H groups in total. The Morgan fingerprint density at radius 3 is 2.69 bits per heavy atom. The summed E-state index contributed by atoms with van der Waals surface area (Å²) in [7, 11) is 0. The van der Waals surface area contributed by atoms with Gasteiger partial charge in [-0.15, -0.1) is 0 Å². The van der Waals surface area contributed by atoms with Gasteiger partial charge in [-0.2, -0.15) is 4.98 Å². The number of amides is 1. The van der Waals surface area contributed by atoms with Crippen molar-refractivity contribution in [3.63, 3.8) is 0 Å². The molecule has 1 aliphatic rings. The van der Waals surface area contributed by atoms with E-state index in [9.17, 15) is 9.90 Å². The van der Waals surface area contributed by atoms with E-state index < -0.39 is 6.29 Å². The van der Waals surface area contributed by atoms with Gasteiger partial charge in [-0.05, 0) is 43.5 Å². The van der Waals surface area contributed by atoms with E-state index in [2.05, 4.69) is 22.2 Å². The minimum Gasteiger partial charge on any atom is -0.470 e. The number of hydrogen-bond acceptors (Lipinski definition) is 7. The first-order valence-corrected chi connectivity index (χ1v) is 12.0. The van der Waals surface area contributed by atoms with Crippen molar-refractivity contribution in [2.45, 2.75) is 45.1 Å². The van der Waals surface area contributed by atoms with Crippen molar-refractivity contribution in [1.82, 2.24) is 24.8 Å². The fraction of sp³-hybridized carbons (Fsp3) is 0.308. The predicted molar refractivity (Wildman–Crippen MR) is 135 cm³/mol. The van der Waals surface area contributed by atoms with E-state index in [0.29, 0.717) is 45.7 Å². The maximum Gasteiger partial charge on any atom is 0.245 e. The van der Waals surface area contributed by atoms with Crippen LogP contribution in [0, 0.1) is 0 Å². The molecule has 2 aromatic carbocycles. The van der Waals surface area contributed by atoms with E-state index in [1.54, 1.807) is 18.2 Å². The van der Waals surface area contributed by atoms with Gasteiger partial charge in [0.1, 0.15) is 23.5 Å². The Morgan fingerprint density at radius 2 is 2.00 bits per heavy atom. The first-order valence-electron chi connectivity index (χ1n) is 11.6. The lowest BCUT2D eigenvalue weighted by molar-refractivity contribution is -0.120. The Hall–Kier alpha value is -3.69. The van der Waals surface area contributed by atoms with Crippen molar-refractivity contribution in [3.05, 3.63) is 65.4 Å². The highest BCUT2D eigenvalue weighted by atomic mass is 35.5. The number of aromatic nitrogens is 4. The number of imidazole rings is 1. The first kappa shape index (κ1) is 24.0. The standard InChI is InChI=1S/C26H26ClN5O4/c1-16(33)28-13-21(34)35-18-8-9-19(20(27)12-18)23-31-22-24(32(23)14-17-6-4-3-5-7-17)29-15-30-25(22)36-26(2)10-11-26/h3-9,12,15,21,34H,10-11,13-14H2,1-2H3,(H,28,33). The second-order valence-corrected chi connectivity index (χ2v) is 9.47. The molecule has 36 heavy (non-hydrogen) atoms. The van der Waals surface area contributed by atoms with Crippen LogP contribution in [0.4, 0.5) is 0 Å². The number of carbonyl (C=O) groups excluding carboxylic acids is 1. The molecule has 5 rings (SSSR count). The molecule has 186 valence electrons. The molecule has 1 amide bonds. The summed E-state index contributed by atoms with van der Waals surface area (Å²) in [5.41, 5.74) is 2.73. The van der Waals surface area contributed by atoms with Crippen LogP contribution in [0.25, 0.3) is 22.6 Å². The van der Waals surface area contributed by atoms with Crippen molar-refractivity contribution < 1.29 is 19.4 Å². The molecular formula is C26H26ClN5O4. The molecule has 2 aromatic heterocycles. The van der Waals surface area contributed by atoms with Gasteiger partial charge in [-0.3, -0.25) is 4.79 Å². The first-order chi connectivity index (χ1) is 17.3. The van der Waals surface area contributed by atoms with Gasteiger partial charge in [0.15, 0.2) is 11.2 Å². The average molecular weight is 508 g/mol. The summed E-state index contributed by atoms with van der Waals surface area (Å²) in [4.78, 5) is 24.8. The third kappa shape index (κ3) is 5.27. The van der Waals surface area contributed by atoms with Gasteiger partial charge in [0.25, 0.3) is 0 Å². The van der Waals surface area contributed by atoms with Crippen molar-refractivity contribution >= 4 is 28.7 Å². The summed E-state index contributed by atoms with van der Waals surface area (Å²) in [6.07, 6.45) is 2.22. The molecule has 10 heteroatoms. The molecule has 0 bridgehead atoms. The molecule has 0 aliphatic heterocycles. The molecule has 0 saturated heterocycles. The second kappa shape index (κ2) is 9.75. The highest BCUT2D eigenvalue weighted by Gasteiger charge is 2.41. The number of fused-ring (bicyclic) bond motifs is 1. The summed E-state index contributed by atoms with van der Waals surface area (Å²) in [6.45, 7) is 3.90. The van der Waals surface area contributed by atoms with Gasteiger partial charge < -0.3 is 24.5 Å². The van der Waals surface area contributed by atoms with Crippen LogP contribution in [0.15, 0.2) is 54.9 Å². The fourth-order valence-electron chi connectivity index (χ4n) is 3.80. The zero-order valence-electron chi connectivity index (χ0n) is 19.9. The number of nitrogens with one attached hydrogen (secondary N) is 1. The number of benzene rings is 2. The number of ether oxygens (including phenoxy) is 2. The van der Waals surface area contributed by atoms with Crippen LogP contribution in [0.2, 0.25) is 5.02 Å². The molecule has 9 nitrogen and oxygen atoms in total. The summed E-state index contributed by atoms with van der Waals surface area (Å²) < 4.78 is 13.7. The Labute approximate surface area is 213 Å². The van der Waals surface area contributed by atoms with E-state index in [1.165, 1.54) is 13.3 Å². The van der Waals surface area contributed by atoms with Gasteiger partial charge in [-0.25, -0.2) is 9.97 Å².